The number of benzene rings is 2. The molecule has 0 N–H and O–H groups in total. The molecule has 0 bridgehead atoms. The maximum atomic E-state index is 13.7. The van der Waals surface area contributed by atoms with Gasteiger partial charge in [0.25, 0.3) is 5.69 Å². The summed E-state index contributed by atoms with van der Waals surface area (Å²) in [5, 5.41) is 17.4. The number of carbonyl (C=O) groups excluding carboxylic acids is 3. The highest BCUT2D eigenvalue weighted by Gasteiger charge is 2.66. The summed E-state index contributed by atoms with van der Waals surface area (Å²) >= 11 is 0. The molecule has 0 aliphatic carbocycles. The standard InChI is InChI=1S/C24H22N4O5/c1-24(2,3)21(29)20-18-17(19-16-10-5-4-7-13(16)12-25-27(19)20)22(30)26(23(18)31)14-8-6-9-15(11-14)28(32)33/h4-12,17-20H,1-3H3. The van der Waals surface area contributed by atoms with Crippen LogP contribution in [0.2, 0.25) is 0 Å². The van der Waals surface area contributed by atoms with Crippen molar-refractivity contribution in [2.24, 2.45) is 22.4 Å². The molecule has 3 heterocycles. The Labute approximate surface area is 189 Å². The maximum absolute atomic E-state index is 13.7. The lowest BCUT2D eigenvalue weighted by atomic mass is 9.79. The fourth-order valence-corrected chi connectivity index (χ4v) is 5.11. The fraction of sp³-hybridized carbons (Fsp3) is 0.333. The predicted octanol–water partition coefficient (Wildman–Crippen LogP) is 3.09. The van der Waals surface area contributed by atoms with Crippen LogP contribution in [-0.2, 0) is 14.4 Å². The van der Waals surface area contributed by atoms with E-state index in [9.17, 15) is 24.5 Å². The van der Waals surface area contributed by atoms with Crippen LogP contribution >= 0.6 is 0 Å². The highest BCUT2D eigenvalue weighted by molar-refractivity contribution is 6.24. The third kappa shape index (κ3) is 2.99. The zero-order valence-electron chi connectivity index (χ0n) is 18.3. The van der Waals surface area contributed by atoms with Crippen molar-refractivity contribution in [3.05, 3.63) is 69.8 Å². The summed E-state index contributed by atoms with van der Waals surface area (Å²) in [5.74, 6) is -2.95. The zero-order chi connectivity index (χ0) is 23.7. The molecule has 5 rings (SSSR count). The number of hydrogen-bond donors (Lipinski definition) is 0. The number of hydrogen-bond acceptors (Lipinski definition) is 7. The van der Waals surface area contributed by atoms with Crippen molar-refractivity contribution in [2.75, 3.05) is 4.90 Å². The Hall–Kier alpha value is -3.88. The monoisotopic (exact) mass is 446 g/mol. The largest absolute Gasteiger partial charge is 0.297 e. The summed E-state index contributed by atoms with van der Waals surface area (Å²) in [6.45, 7) is 5.33. The first kappa shape index (κ1) is 21.0. The van der Waals surface area contributed by atoms with Gasteiger partial charge >= 0.3 is 0 Å². The number of imide groups is 1. The third-order valence-electron chi connectivity index (χ3n) is 6.60. The number of hydrazone groups is 1. The van der Waals surface area contributed by atoms with Crippen molar-refractivity contribution in [1.82, 2.24) is 5.01 Å². The number of fused-ring (bicyclic) bond motifs is 5. The van der Waals surface area contributed by atoms with Crippen molar-refractivity contribution >= 4 is 35.2 Å². The number of nitro benzene ring substituents is 1. The summed E-state index contributed by atoms with van der Waals surface area (Å²) in [5.41, 5.74) is 0.805. The highest BCUT2D eigenvalue weighted by atomic mass is 16.6. The molecular weight excluding hydrogens is 424 g/mol. The van der Waals surface area contributed by atoms with Crippen LogP contribution in [0.4, 0.5) is 11.4 Å². The second-order valence-corrected chi connectivity index (χ2v) is 9.60. The molecule has 0 spiro atoms. The molecule has 0 saturated carbocycles. The second-order valence-electron chi connectivity index (χ2n) is 9.60. The van der Waals surface area contributed by atoms with Gasteiger partial charge in [-0.05, 0) is 17.2 Å². The maximum Gasteiger partial charge on any atom is 0.271 e. The summed E-state index contributed by atoms with van der Waals surface area (Å²) in [4.78, 5) is 52.6. The van der Waals surface area contributed by atoms with E-state index in [1.165, 1.54) is 24.3 Å². The van der Waals surface area contributed by atoms with Gasteiger partial charge in [-0.25, -0.2) is 4.90 Å². The average molecular weight is 446 g/mol. The Balaban J connectivity index is 1.66. The van der Waals surface area contributed by atoms with E-state index in [0.717, 1.165) is 16.0 Å². The Kier molecular flexibility index (Phi) is 4.49. The fourth-order valence-electron chi connectivity index (χ4n) is 5.11. The van der Waals surface area contributed by atoms with Crippen LogP contribution in [0.1, 0.15) is 37.9 Å². The lowest BCUT2D eigenvalue weighted by Gasteiger charge is -2.35. The molecule has 2 aromatic rings. The van der Waals surface area contributed by atoms with Gasteiger partial charge in [0, 0.05) is 17.5 Å². The smallest absolute Gasteiger partial charge is 0.271 e. The molecule has 9 nitrogen and oxygen atoms in total. The van der Waals surface area contributed by atoms with E-state index < -0.39 is 46.1 Å². The Morgan fingerprint density at radius 2 is 1.73 bits per heavy atom. The van der Waals surface area contributed by atoms with E-state index in [2.05, 4.69) is 5.10 Å². The van der Waals surface area contributed by atoms with Crippen LogP contribution in [0, 0.1) is 27.4 Å². The SMILES string of the molecule is CC(C)(C)C(=O)C1C2C(=O)N(c3cccc([N+](=O)[O-])c3)C(=O)C2C2c3ccccc3C=NN12. The van der Waals surface area contributed by atoms with Gasteiger partial charge in [0.1, 0.15) is 6.04 Å². The number of non-ortho nitro benzene ring substituents is 1. The topological polar surface area (TPSA) is 113 Å². The molecule has 2 fully saturated rings. The van der Waals surface area contributed by atoms with E-state index in [4.69, 9.17) is 0 Å². The number of amides is 2. The number of Topliss-reactive ketones (excluding diaryl/α,β-unsaturated/α-hetero) is 1. The van der Waals surface area contributed by atoms with E-state index in [-0.39, 0.29) is 17.2 Å². The minimum Gasteiger partial charge on any atom is -0.297 e. The molecule has 2 aromatic carbocycles. The van der Waals surface area contributed by atoms with E-state index in [1.807, 2.05) is 24.3 Å². The number of nitrogens with zero attached hydrogens (tertiary/aromatic N) is 4. The summed E-state index contributed by atoms with van der Waals surface area (Å²) in [6.07, 6.45) is 1.66. The number of nitro groups is 1. The van der Waals surface area contributed by atoms with Crippen molar-refractivity contribution in [2.45, 2.75) is 32.9 Å². The third-order valence-corrected chi connectivity index (χ3v) is 6.60. The molecule has 0 radical (unpaired) electrons. The van der Waals surface area contributed by atoms with E-state index in [0.29, 0.717) is 0 Å². The van der Waals surface area contributed by atoms with Crippen LogP contribution in [0.3, 0.4) is 0 Å². The lowest BCUT2D eigenvalue weighted by Crippen LogP contribution is -2.48. The molecule has 3 aliphatic heterocycles. The quantitative estimate of drug-likeness (QED) is 0.407. The van der Waals surface area contributed by atoms with Crippen molar-refractivity contribution < 1.29 is 19.3 Å². The summed E-state index contributed by atoms with van der Waals surface area (Å²) < 4.78 is 0. The number of rotatable bonds is 3. The predicted molar refractivity (Wildman–Crippen MR) is 119 cm³/mol. The summed E-state index contributed by atoms with van der Waals surface area (Å²) in [6, 6.07) is 11.4. The van der Waals surface area contributed by atoms with E-state index in [1.54, 1.807) is 32.0 Å². The van der Waals surface area contributed by atoms with Crippen LogP contribution in [-0.4, -0.2) is 39.8 Å². The zero-order valence-corrected chi connectivity index (χ0v) is 18.3. The van der Waals surface area contributed by atoms with Crippen molar-refractivity contribution in [1.29, 1.82) is 0 Å². The molecule has 4 unspecified atom stereocenters. The van der Waals surface area contributed by atoms with Crippen molar-refractivity contribution in [3.63, 3.8) is 0 Å². The van der Waals surface area contributed by atoms with Crippen LogP contribution in [0.15, 0.2) is 53.6 Å². The van der Waals surface area contributed by atoms with Crippen LogP contribution < -0.4 is 4.90 Å². The van der Waals surface area contributed by atoms with E-state index >= 15 is 0 Å². The van der Waals surface area contributed by atoms with Crippen molar-refractivity contribution in [3.8, 4) is 0 Å². The van der Waals surface area contributed by atoms with Gasteiger partial charge in [-0.3, -0.25) is 29.5 Å². The Morgan fingerprint density at radius 3 is 2.42 bits per heavy atom. The average Bonchev–Trinajstić information content (AvgIpc) is 3.25. The molecule has 3 aliphatic rings. The molecule has 2 amide bonds. The molecule has 9 heteroatoms. The van der Waals surface area contributed by atoms with Gasteiger partial charge in [-0.15, -0.1) is 0 Å². The van der Waals surface area contributed by atoms with Gasteiger partial charge in [0.2, 0.25) is 11.8 Å². The van der Waals surface area contributed by atoms with Crippen LogP contribution in [0.5, 0.6) is 0 Å². The lowest BCUT2D eigenvalue weighted by molar-refractivity contribution is -0.384. The first-order valence-electron chi connectivity index (χ1n) is 10.7. The number of carbonyl (C=O) groups is 3. The first-order valence-corrected chi connectivity index (χ1v) is 10.7. The Morgan fingerprint density at radius 1 is 1.03 bits per heavy atom. The molecule has 0 aromatic heterocycles. The first-order chi connectivity index (χ1) is 15.6. The highest BCUT2D eigenvalue weighted by Crippen LogP contribution is 2.53. The van der Waals surface area contributed by atoms with Gasteiger partial charge in [-0.1, -0.05) is 51.1 Å². The molecule has 4 atom stereocenters. The van der Waals surface area contributed by atoms with Gasteiger partial charge < -0.3 is 0 Å². The van der Waals surface area contributed by atoms with Gasteiger partial charge in [-0.2, -0.15) is 5.10 Å². The summed E-state index contributed by atoms with van der Waals surface area (Å²) in [7, 11) is 0. The number of anilines is 1. The minimum absolute atomic E-state index is 0.134. The Bertz CT molecular complexity index is 1250. The van der Waals surface area contributed by atoms with Gasteiger partial charge in [0.15, 0.2) is 5.78 Å². The van der Waals surface area contributed by atoms with Gasteiger partial charge in [0.05, 0.1) is 34.7 Å². The minimum atomic E-state index is -0.934. The molecule has 2 saturated heterocycles. The normalized spacial score (nSPS) is 25.7. The molecule has 33 heavy (non-hydrogen) atoms. The number of ketones is 1. The molecule has 168 valence electrons. The van der Waals surface area contributed by atoms with Crippen LogP contribution in [0.25, 0.3) is 0 Å². The molecular formula is C24H22N4O5. The second kappa shape index (κ2) is 7.06.